The molecule has 98 valence electrons. The van der Waals surface area contributed by atoms with Gasteiger partial charge in [0, 0.05) is 11.9 Å². The van der Waals surface area contributed by atoms with Crippen LogP contribution in [0.3, 0.4) is 0 Å². The molecule has 0 saturated carbocycles. The molecule has 1 aromatic heterocycles. The number of rotatable bonds is 3. The lowest BCUT2D eigenvalue weighted by molar-refractivity contribution is -0.386. The molecule has 1 aliphatic heterocycles. The highest BCUT2D eigenvalue weighted by Gasteiger charge is 2.24. The molecule has 19 heavy (non-hydrogen) atoms. The molecular formula is C13H13N3O3. The molecule has 6 heteroatoms. The molecule has 1 unspecified atom stereocenters. The molecule has 2 heterocycles. The van der Waals surface area contributed by atoms with Crippen molar-refractivity contribution in [2.45, 2.75) is 12.5 Å². The number of hydrogen-bond donors (Lipinski definition) is 1. The Bertz CT molecular complexity index is 624. The normalized spacial score (nSPS) is 18.6. The number of fused-ring (bicyclic) bond motifs is 1. The fourth-order valence-electron chi connectivity index (χ4n) is 2.25. The summed E-state index contributed by atoms with van der Waals surface area (Å²) in [6.07, 6.45) is 2.10. The summed E-state index contributed by atoms with van der Waals surface area (Å²) in [5.74, 6) is 0.323. The fourth-order valence-corrected chi connectivity index (χ4v) is 2.25. The van der Waals surface area contributed by atoms with E-state index in [1.165, 1.54) is 6.20 Å². The molecule has 2 aromatic rings. The maximum atomic E-state index is 11.1. The zero-order valence-corrected chi connectivity index (χ0v) is 10.2. The third-order valence-electron chi connectivity index (χ3n) is 3.20. The summed E-state index contributed by atoms with van der Waals surface area (Å²) in [6.45, 7) is 1.59. The average Bonchev–Trinajstić information content (AvgIpc) is 2.92. The SMILES string of the molecule is O=[N+]([O-])c1cnc2ccccc2c1OC1CCNC1. The summed E-state index contributed by atoms with van der Waals surface area (Å²) < 4.78 is 5.84. The second-order valence-electron chi connectivity index (χ2n) is 4.48. The molecule has 0 amide bonds. The second kappa shape index (κ2) is 4.81. The zero-order valence-electron chi connectivity index (χ0n) is 10.2. The Balaban J connectivity index is 2.10. The van der Waals surface area contributed by atoms with Gasteiger partial charge in [0.2, 0.25) is 5.75 Å². The predicted octanol–water partition coefficient (Wildman–Crippen LogP) is 1.88. The number of nitro groups is 1. The van der Waals surface area contributed by atoms with Crippen LogP contribution >= 0.6 is 0 Å². The Hall–Kier alpha value is -2.21. The van der Waals surface area contributed by atoms with Crippen LogP contribution in [0.5, 0.6) is 5.75 Å². The molecule has 0 aliphatic carbocycles. The van der Waals surface area contributed by atoms with Crippen molar-refractivity contribution in [3.8, 4) is 5.75 Å². The van der Waals surface area contributed by atoms with Crippen molar-refractivity contribution >= 4 is 16.6 Å². The van der Waals surface area contributed by atoms with E-state index in [2.05, 4.69) is 10.3 Å². The van der Waals surface area contributed by atoms with Crippen LogP contribution in [0.25, 0.3) is 10.9 Å². The van der Waals surface area contributed by atoms with Crippen LogP contribution in [0, 0.1) is 10.1 Å². The van der Waals surface area contributed by atoms with Crippen LogP contribution in [-0.2, 0) is 0 Å². The lowest BCUT2D eigenvalue weighted by atomic mass is 10.2. The van der Waals surface area contributed by atoms with E-state index in [0.717, 1.165) is 13.0 Å². The lowest BCUT2D eigenvalue weighted by Crippen LogP contribution is -2.20. The molecule has 6 nitrogen and oxygen atoms in total. The van der Waals surface area contributed by atoms with E-state index in [4.69, 9.17) is 4.74 Å². The molecule has 1 saturated heterocycles. The summed E-state index contributed by atoms with van der Waals surface area (Å²) in [6, 6.07) is 7.29. The van der Waals surface area contributed by atoms with E-state index in [9.17, 15) is 10.1 Å². The number of benzene rings is 1. The van der Waals surface area contributed by atoms with E-state index in [-0.39, 0.29) is 11.8 Å². The Kier molecular flexibility index (Phi) is 3.00. The minimum Gasteiger partial charge on any atom is -0.482 e. The Morgan fingerprint density at radius 1 is 1.42 bits per heavy atom. The van der Waals surface area contributed by atoms with Crippen LogP contribution in [-0.4, -0.2) is 29.1 Å². The van der Waals surface area contributed by atoms with Gasteiger partial charge < -0.3 is 10.1 Å². The largest absolute Gasteiger partial charge is 0.482 e. The molecule has 1 N–H and O–H groups in total. The van der Waals surface area contributed by atoms with Gasteiger partial charge in [-0.1, -0.05) is 12.1 Å². The second-order valence-corrected chi connectivity index (χ2v) is 4.48. The highest BCUT2D eigenvalue weighted by Crippen LogP contribution is 2.34. The molecule has 0 spiro atoms. The van der Waals surface area contributed by atoms with Crippen molar-refractivity contribution in [2.24, 2.45) is 0 Å². The van der Waals surface area contributed by atoms with Crippen LogP contribution < -0.4 is 10.1 Å². The standard InChI is InChI=1S/C13H13N3O3/c17-16(18)12-8-15-11-4-2-1-3-10(11)13(12)19-9-5-6-14-7-9/h1-4,8-9,14H,5-7H2. The van der Waals surface area contributed by atoms with Gasteiger partial charge in [-0.3, -0.25) is 10.1 Å². The van der Waals surface area contributed by atoms with E-state index in [0.29, 0.717) is 23.2 Å². The highest BCUT2D eigenvalue weighted by atomic mass is 16.6. The Morgan fingerprint density at radius 2 is 2.26 bits per heavy atom. The molecule has 3 rings (SSSR count). The van der Waals surface area contributed by atoms with Crippen molar-refractivity contribution in [3.05, 3.63) is 40.6 Å². The lowest BCUT2D eigenvalue weighted by Gasteiger charge is -2.14. The topological polar surface area (TPSA) is 77.3 Å². The zero-order chi connectivity index (χ0) is 13.2. The number of para-hydroxylation sites is 1. The van der Waals surface area contributed by atoms with Gasteiger partial charge in [-0.15, -0.1) is 0 Å². The van der Waals surface area contributed by atoms with Crippen molar-refractivity contribution in [2.75, 3.05) is 13.1 Å². The highest BCUT2D eigenvalue weighted by molar-refractivity contribution is 5.88. The first-order valence-corrected chi connectivity index (χ1v) is 6.15. The minimum absolute atomic E-state index is 0.0236. The summed E-state index contributed by atoms with van der Waals surface area (Å²) in [7, 11) is 0. The van der Waals surface area contributed by atoms with Crippen LogP contribution in [0.1, 0.15) is 6.42 Å². The van der Waals surface area contributed by atoms with Gasteiger partial charge >= 0.3 is 5.69 Å². The number of aromatic nitrogens is 1. The first-order chi connectivity index (χ1) is 9.25. The molecule has 0 bridgehead atoms. The number of nitrogens with zero attached hydrogens (tertiary/aromatic N) is 2. The molecule has 1 aromatic carbocycles. The number of pyridine rings is 1. The summed E-state index contributed by atoms with van der Waals surface area (Å²) >= 11 is 0. The van der Waals surface area contributed by atoms with E-state index in [1.807, 2.05) is 18.2 Å². The number of ether oxygens (including phenoxy) is 1. The van der Waals surface area contributed by atoms with Gasteiger partial charge in [-0.05, 0) is 25.1 Å². The van der Waals surface area contributed by atoms with Crippen molar-refractivity contribution in [3.63, 3.8) is 0 Å². The third-order valence-corrected chi connectivity index (χ3v) is 3.20. The average molecular weight is 259 g/mol. The van der Waals surface area contributed by atoms with Gasteiger partial charge in [-0.25, -0.2) is 4.98 Å². The Labute approximate surface area is 109 Å². The molecule has 1 fully saturated rings. The predicted molar refractivity (Wildman–Crippen MR) is 70.3 cm³/mol. The van der Waals surface area contributed by atoms with Crippen LogP contribution in [0.2, 0.25) is 0 Å². The Morgan fingerprint density at radius 3 is 3.00 bits per heavy atom. The van der Waals surface area contributed by atoms with Gasteiger partial charge in [0.1, 0.15) is 12.3 Å². The maximum absolute atomic E-state index is 11.1. The summed E-state index contributed by atoms with van der Waals surface area (Å²) in [5.41, 5.74) is 0.625. The van der Waals surface area contributed by atoms with Gasteiger partial charge in [0.15, 0.2) is 0 Å². The molecule has 1 atom stereocenters. The van der Waals surface area contributed by atoms with Gasteiger partial charge in [-0.2, -0.15) is 0 Å². The summed E-state index contributed by atoms with van der Waals surface area (Å²) in [4.78, 5) is 14.8. The maximum Gasteiger partial charge on any atom is 0.329 e. The van der Waals surface area contributed by atoms with Crippen molar-refractivity contribution in [1.29, 1.82) is 0 Å². The monoisotopic (exact) mass is 259 g/mol. The molecular weight excluding hydrogens is 246 g/mol. The molecule has 1 aliphatic rings. The first kappa shape index (κ1) is 11.9. The minimum atomic E-state index is -0.447. The van der Waals surface area contributed by atoms with Gasteiger partial charge in [0.25, 0.3) is 0 Å². The van der Waals surface area contributed by atoms with Crippen molar-refractivity contribution in [1.82, 2.24) is 10.3 Å². The van der Waals surface area contributed by atoms with Crippen molar-refractivity contribution < 1.29 is 9.66 Å². The first-order valence-electron chi connectivity index (χ1n) is 6.15. The van der Waals surface area contributed by atoms with E-state index >= 15 is 0 Å². The van der Waals surface area contributed by atoms with Crippen LogP contribution in [0.15, 0.2) is 30.5 Å². The van der Waals surface area contributed by atoms with E-state index < -0.39 is 4.92 Å². The van der Waals surface area contributed by atoms with Crippen LogP contribution in [0.4, 0.5) is 5.69 Å². The smallest absolute Gasteiger partial charge is 0.329 e. The molecule has 0 radical (unpaired) electrons. The third kappa shape index (κ3) is 2.22. The van der Waals surface area contributed by atoms with E-state index in [1.54, 1.807) is 6.07 Å². The number of hydrogen-bond acceptors (Lipinski definition) is 5. The quantitative estimate of drug-likeness (QED) is 0.672. The fraction of sp³-hybridized carbons (Fsp3) is 0.308. The number of nitrogens with one attached hydrogen (secondary N) is 1. The van der Waals surface area contributed by atoms with Gasteiger partial charge in [0.05, 0.1) is 10.4 Å². The summed E-state index contributed by atoms with van der Waals surface area (Å²) in [5, 5.41) is 15.0.